The number of alkyl halides is 4. The van der Waals surface area contributed by atoms with Gasteiger partial charge in [-0.1, -0.05) is 12.1 Å². The fourth-order valence-electron chi connectivity index (χ4n) is 4.17. The molecule has 2 fully saturated rings. The van der Waals surface area contributed by atoms with Gasteiger partial charge in [0, 0.05) is 18.8 Å². The monoisotopic (exact) mass is 495 g/mol. The van der Waals surface area contributed by atoms with Crippen LogP contribution in [0.2, 0.25) is 0 Å². The van der Waals surface area contributed by atoms with Gasteiger partial charge in [0.1, 0.15) is 6.10 Å². The third-order valence-corrected chi connectivity index (χ3v) is 6.97. The first kappa shape index (κ1) is 25.7. The SMILES string of the molecule is CC1(C)OB(c2ccc(N3CCN(c4ccc(C(O)CC(F)(F)F)nc4)CC3F)cc2)OC1(C)C. The number of benzene rings is 1. The number of nitrogens with zero attached hydrogens (tertiary/aromatic N) is 3. The molecule has 1 aromatic carbocycles. The lowest BCUT2D eigenvalue weighted by Crippen LogP contribution is -2.51. The second-order valence-corrected chi connectivity index (χ2v) is 10.0. The molecule has 11 heteroatoms. The number of aliphatic hydroxyl groups excluding tert-OH is 1. The van der Waals surface area contributed by atoms with Crippen molar-refractivity contribution in [2.45, 2.75) is 63.9 Å². The van der Waals surface area contributed by atoms with Crippen LogP contribution in [0.4, 0.5) is 28.9 Å². The second-order valence-electron chi connectivity index (χ2n) is 10.0. The highest BCUT2D eigenvalue weighted by Crippen LogP contribution is 2.36. The summed E-state index contributed by atoms with van der Waals surface area (Å²) in [5, 5.41) is 9.72. The Morgan fingerprint density at radius 1 is 1.03 bits per heavy atom. The number of halogens is 4. The van der Waals surface area contributed by atoms with Gasteiger partial charge in [0.25, 0.3) is 0 Å². The summed E-state index contributed by atoms with van der Waals surface area (Å²) in [4.78, 5) is 7.41. The normalized spacial score (nSPS) is 23.0. The zero-order chi connectivity index (χ0) is 25.6. The Morgan fingerprint density at radius 3 is 2.14 bits per heavy atom. The van der Waals surface area contributed by atoms with Gasteiger partial charge < -0.3 is 24.2 Å². The smallest absolute Gasteiger partial charge is 0.399 e. The third-order valence-electron chi connectivity index (χ3n) is 6.97. The molecule has 2 atom stereocenters. The van der Waals surface area contributed by atoms with Gasteiger partial charge in [-0.3, -0.25) is 4.98 Å². The fraction of sp³-hybridized carbons (Fsp3) is 0.542. The van der Waals surface area contributed by atoms with E-state index >= 15 is 4.39 Å². The molecule has 1 aromatic heterocycles. The van der Waals surface area contributed by atoms with Crippen molar-refractivity contribution in [3.05, 3.63) is 48.3 Å². The number of hydrogen-bond acceptors (Lipinski definition) is 6. The van der Waals surface area contributed by atoms with Crippen molar-refractivity contribution < 1.29 is 32.0 Å². The lowest BCUT2D eigenvalue weighted by molar-refractivity contribution is -0.154. The average Bonchev–Trinajstić information content (AvgIpc) is 2.99. The maximum Gasteiger partial charge on any atom is 0.494 e. The number of aromatic nitrogens is 1. The number of anilines is 2. The molecule has 6 nitrogen and oxygen atoms in total. The zero-order valence-electron chi connectivity index (χ0n) is 20.2. The van der Waals surface area contributed by atoms with Crippen LogP contribution < -0.4 is 15.3 Å². The van der Waals surface area contributed by atoms with Gasteiger partial charge in [0.05, 0.1) is 41.7 Å². The van der Waals surface area contributed by atoms with Crippen molar-refractivity contribution in [1.82, 2.24) is 4.98 Å². The summed E-state index contributed by atoms with van der Waals surface area (Å²) in [6.07, 6.45) is -7.49. The topological polar surface area (TPSA) is 58.1 Å². The maximum absolute atomic E-state index is 15.1. The number of pyridine rings is 1. The van der Waals surface area contributed by atoms with Gasteiger partial charge in [0.2, 0.25) is 0 Å². The highest BCUT2D eigenvalue weighted by molar-refractivity contribution is 6.62. The van der Waals surface area contributed by atoms with Crippen LogP contribution in [0.15, 0.2) is 42.6 Å². The molecule has 2 unspecified atom stereocenters. The van der Waals surface area contributed by atoms with Crippen LogP contribution in [0.25, 0.3) is 0 Å². The van der Waals surface area contributed by atoms with E-state index in [0.717, 1.165) is 11.2 Å². The summed E-state index contributed by atoms with van der Waals surface area (Å²) in [5.41, 5.74) is 1.23. The Kier molecular flexibility index (Phi) is 6.80. The van der Waals surface area contributed by atoms with Crippen LogP contribution in [0, 0.1) is 0 Å². The molecular formula is C24H30BF4N3O3. The third kappa shape index (κ3) is 5.57. The molecule has 0 amide bonds. The van der Waals surface area contributed by atoms with Crippen molar-refractivity contribution in [2.24, 2.45) is 0 Å². The fourth-order valence-corrected chi connectivity index (χ4v) is 4.17. The Balaban J connectivity index is 1.37. The number of piperazine rings is 1. The van der Waals surface area contributed by atoms with Crippen molar-refractivity contribution in [1.29, 1.82) is 0 Å². The van der Waals surface area contributed by atoms with Crippen molar-refractivity contribution in [2.75, 3.05) is 29.4 Å². The second kappa shape index (κ2) is 9.26. The van der Waals surface area contributed by atoms with Crippen molar-refractivity contribution in [3.63, 3.8) is 0 Å². The standard InChI is InChI=1S/C24H30BF4N3O3/c1-22(2)23(3,4)35-25(34-22)16-5-7-17(8-6-16)32-12-11-31(15-21(32)26)18-9-10-19(30-14-18)20(33)13-24(27,28)29/h5-10,14,20-21,33H,11-13,15H2,1-4H3. The highest BCUT2D eigenvalue weighted by atomic mass is 19.4. The first-order chi connectivity index (χ1) is 16.3. The molecule has 35 heavy (non-hydrogen) atoms. The Labute approximate surface area is 203 Å². The Bertz CT molecular complexity index is 1000. The summed E-state index contributed by atoms with van der Waals surface area (Å²) < 4.78 is 64.7. The summed E-state index contributed by atoms with van der Waals surface area (Å²) in [6, 6.07) is 10.4. The summed E-state index contributed by atoms with van der Waals surface area (Å²) in [5.74, 6) is 0. The molecule has 0 radical (unpaired) electrons. The molecule has 2 saturated heterocycles. The molecule has 1 N–H and O–H groups in total. The summed E-state index contributed by atoms with van der Waals surface area (Å²) in [7, 11) is -0.489. The van der Waals surface area contributed by atoms with E-state index in [2.05, 4.69) is 4.98 Å². The number of aliphatic hydroxyl groups is 1. The van der Waals surface area contributed by atoms with Crippen LogP contribution in [0.3, 0.4) is 0 Å². The molecule has 0 spiro atoms. The van der Waals surface area contributed by atoms with Crippen LogP contribution in [-0.4, -0.2) is 60.5 Å². The maximum atomic E-state index is 15.1. The minimum absolute atomic E-state index is 0.0661. The van der Waals surface area contributed by atoms with E-state index in [1.54, 1.807) is 15.9 Å². The highest BCUT2D eigenvalue weighted by Gasteiger charge is 2.51. The van der Waals surface area contributed by atoms with Gasteiger partial charge in [-0.05, 0) is 57.4 Å². The molecule has 2 aliphatic rings. The lowest BCUT2D eigenvalue weighted by Gasteiger charge is -2.39. The predicted octanol–water partition coefficient (Wildman–Crippen LogP) is 3.99. The van der Waals surface area contributed by atoms with E-state index in [1.807, 2.05) is 52.0 Å². The number of hydrogen-bond donors (Lipinski definition) is 1. The molecule has 0 bridgehead atoms. The Hall–Kier alpha value is -2.37. The molecule has 3 heterocycles. The van der Waals surface area contributed by atoms with Crippen LogP contribution >= 0.6 is 0 Å². The molecule has 0 aliphatic carbocycles. The minimum atomic E-state index is -4.49. The predicted molar refractivity (Wildman–Crippen MR) is 126 cm³/mol. The summed E-state index contributed by atoms with van der Waals surface area (Å²) in [6.45, 7) is 8.95. The average molecular weight is 495 g/mol. The molecule has 4 rings (SSSR count). The van der Waals surface area contributed by atoms with Crippen molar-refractivity contribution in [3.8, 4) is 0 Å². The van der Waals surface area contributed by atoms with E-state index in [-0.39, 0.29) is 12.2 Å². The quantitative estimate of drug-likeness (QED) is 0.385. The van der Waals surface area contributed by atoms with Crippen LogP contribution in [0.1, 0.15) is 45.9 Å². The van der Waals surface area contributed by atoms with Gasteiger partial charge in [0.15, 0.2) is 6.30 Å². The molecular weight excluding hydrogens is 465 g/mol. The van der Waals surface area contributed by atoms with E-state index in [0.29, 0.717) is 18.8 Å². The van der Waals surface area contributed by atoms with E-state index < -0.39 is 43.3 Å². The number of rotatable bonds is 5. The van der Waals surface area contributed by atoms with Gasteiger partial charge in [-0.25, -0.2) is 4.39 Å². The van der Waals surface area contributed by atoms with Gasteiger partial charge >= 0.3 is 13.3 Å². The molecule has 190 valence electrons. The van der Waals surface area contributed by atoms with Crippen LogP contribution in [0.5, 0.6) is 0 Å². The van der Waals surface area contributed by atoms with E-state index in [4.69, 9.17) is 9.31 Å². The van der Waals surface area contributed by atoms with Crippen molar-refractivity contribution >= 4 is 24.0 Å². The first-order valence-corrected chi connectivity index (χ1v) is 11.6. The minimum Gasteiger partial charge on any atom is -0.399 e. The largest absolute Gasteiger partial charge is 0.494 e. The molecule has 2 aliphatic heterocycles. The first-order valence-electron chi connectivity index (χ1n) is 11.6. The summed E-state index contributed by atoms with van der Waals surface area (Å²) >= 11 is 0. The zero-order valence-corrected chi connectivity index (χ0v) is 20.2. The molecule has 2 aromatic rings. The Morgan fingerprint density at radius 2 is 1.63 bits per heavy atom. The molecule has 0 saturated carbocycles. The van der Waals surface area contributed by atoms with Gasteiger partial charge in [-0.15, -0.1) is 0 Å². The van der Waals surface area contributed by atoms with Gasteiger partial charge in [-0.2, -0.15) is 13.2 Å². The lowest BCUT2D eigenvalue weighted by atomic mass is 9.79. The van der Waals surface area contributed by atoms with E-state index in [1.165, 1.54) is 12.3 Å². The van der Waals surface area contributed by atoms with E-state index in [9.17, 15) is 18.3 Å². The van der Waals surface area contributed by atoms with Crippen LogP contribution in [-0.2, 0) is 9.31 Å².